The van der Waals surface area contributed by atoms with Crippen LogP contribution in [0, 0.1) is 6.92 Å². The van der Waals surface area contributed by atoms with Crippen LogP contribution in [0.1, 0.15) is 28.8 Å². The molecule has 2 amide bonds. The maximum Gasteiger partial charge on any atom is 0.253 e. The summed E-state index contributed by atoms with van der Waals surface area (Å²) in [6.07, 6.45) is 1.21. The molecule has 1 fully saturated rings. The summed E-state index contributed by atoms with van der Waals surface area (Å²) in [5.74, 6) is 0.697. The van der Waals surface area contributed by atoms with Gasteiger partial charge in [-0.15, -0.1) is 11.6 Å². The maximum atomic E-state index is 12.4. The fourth-order valence-corrected chi connectivity index (χ4v) is 2.63. The van der Waals surface area contributed by atoms with Crippen molar-refractivity contribution < 1.29 is 9.59 Å². The van der Waals surface area contributed by atoms with E-state index in [0.717, 1.165) is 11.1 Å². The van der Waals surface area contributed by atoms with Crippen molar-refractivity contribution in [1.82, 2.24) is 9.80 Å². The molecule has 2 rings (SSSR count). The number of alkyl halides is 1. The van der Waals surface area contributed by atoms with Gasteiger partial charge in [0.2, 0.25) is 5.91 Å². The average Bonchev–Trinajstić information content (AvgIpc) is 2.52. The second kappa shape index (κ2) is 7.46. The molecular formula is C16H21ClN2O2. The Balaban J connectivity index is 1.89. The summed E-state index contributed by atoms with van der Waals surface area (Å²) < 4.78 is 0. The summed E-state index contributed by atoms with van der Waals surface area (Å²) >= 11 is 5.61. The van der Waals surface area contributed by atoms with Gasteiger partial charge in [0.1, 0.15) is 0 Å². The Bertz CT molecular complexity index is 511. The number of aryl methyl sites for hydroxylation is 1. The number of amides is 2. The zero-order valence-corrected chi connectivity index (χ0v) is 13.1. The Kier molecular flexibility index (Phi) is 5.62. The van der Waals surface area contributed by atoms with E-state index in [-0.39, 0.29) is 11.8 Å². The topological polar surface area (TPSA) is 40.6 Å². The summed E-state index contributed by atoms with van der Waals surface area (Å²) in [5.41, 5.74) is 1.80. The van der Waals surface area contributed by atoms with E-state index in [1.807, 2.05) is 41.0 Å². The predicted octanol–water partition coefficient (Wildman–Crippen LogP) is 2.30. The number of hydrogen-bond acceptors (Lipinski definition) is 2. The number of nitrogens with zero attached hydrogens (tertiary/aromatic N) is 2. The molecule has 1 saturated heterocycles. The highest BCUT2D eigenvalue weighted by atomic mass is 35.5. The van der Waals surface area contributed by atoms with E-state index in [9.17, 15) is 9.59 Å². The molecule has 0 N–H and O–H groups in total. The van der Waals surface area contributed by atoms with Crippen LogP contribution in [0.2, 0.25) is 0 Å². The molecule has 1 aliphatic heterocycles. The van der Waals surface area contributed by atoms with Crippen molar-refractivity contribution in [3.63, 3.8) is 0 Å². The highest BCUT2D eigenvalue weighted by molar-refractivity contribution is 6.17. The summed E-state index contributed by atoms with van der Waals surface area (Å²) in [7, 11) is 0. The molecule has 0 radical (unpaired) electrons. The van der Waals surface area contributed by atoms with Gasteiger partial charge in [0.25, 0.3) is 5.91 Å². The van der Waals surface area contributed by atoms with Gasteiger partial charge in [-0.1, -0.05) is 17.7 Å². The fourth-order valence-electron chi connectivity index (χ4n) is 2.50. The number of carbonyl (C=O) groups excluding carboxylic acids is 2. The van der Waals surface area contributed by atoms with Gasteiger partial charge in [-0.25, -0.2) is 0 Å². The summed E-state index contributed by atoms with van der Waals surface area (Å²) in [5, 5.41) is 0. The van der Waals surface area contributed by atoms with E-state index in [2.05, 4.69) is 0 Å². The summed E-state index contributed by atoms with van der Waals surface area (Å²) in [6, 6.07) is 7.62. The highest BCUT2D eigenvalue weighted by Crippen LogP contribution is 2.11. The van der Waals surface area contributed by atoms with Gasteiger partial charge in [-0.3, -0.25) is 9.59 Å². The Hall–Kier alpha value is -1.55. The average molecular weight is 309 g/mol. The van der Waals surface area contributed by atoms with Gasteiger partial charge < -0.3 is 9.80 Å². The van der Waals surface area contributed by atoms with Crippen molar-refractivity contribution in [2.45, 2.75) is 19.8 Å². The lowest BCUT2D eigenvalue weighted by Gasteiger charge is -2.35. The van der Waals surface area contributed by atoms with Crippen molar-refractivity contribution in [3.8, 4) is 0 Å². The number of hydrogen-bond donors (Lipinski definition) is 0. The molecule has 1 heterocycles. The van der Waals surface area contributed by atoms with E-state index in [1.54, 1.807) is 0 Å². The minimum absolute atomic E-state index is 0.0477. The third-order valence-electron chi connectivity index (χ3n) is 3.71. The highest BCUT2D eigenvalue weighted by Gasteiger charge is 2.24. The van der Waals surface area contributed by atoms with E-state index in [1.165, 1.54) is 0 Å². The van der Waals surface area contributed by atoms with Crippen LogP contribution in [0.3, 0.4) is 0 Å². The molecule has 4 nitrogen and oxygen atoms in total. The fraction of sp³-hybridized carbons (Fsp3) is 0.500. The van der Waals surface area contributed by atoms with Crippen LogP contribution in [0.5, 0.6) is 0 Å². The number of benzene rings is 1. The molecule has 0 atom stereocenters. The first kappa shape index (κ1) is 15.8. The molecule has 0 saturated carbocycles. The zero-order chi connectivity index (χ0) is 15.2. The molecular weight excluding hydrogens is 288 g/mol. The van der Waals surface area contributed by atoms with Crippen LogP contribution in [0.25, 0.3) is 0 Å². The normalized spacial score (nSPS) is 15.1. The molecule has 114 valence electrons. The van der Waals surface area contributed by atoms with Crippen molar-refractivity contribution in [1.29, 1.82) is 0 Å². The smallest absolute Gasteiger partial charge is 0.253 e. The van der Waals surface area contributed by atoms with Crippen LogP contribution >= 0.6 is 11.6 Å². The lowest BCUT2D eigenvalue weighted by Crippen LogP contribution is -2.50. The molecule has 1 aliphatic rings. The SMILES string of the molecule is Cc1cccc(C(=O)N2CCN(C(=O)CCCCl)CC2)c1. The van der Waals surface area contributed by atoms with Crippen LogP contribution in [0.15, 0.2) is 24.3 Å². The van der Waals surface area contributed by atoms with E-state index in [4.69, 9.17) is 11.6 Å². The molecule has 0 spiro atoms. The molecule has 0 unspecified atom stereocenters. The van der Waals surface area contributed by atoms with Gasteiger partial charge in [0.05, 0.1) is 0 Å². The molecule has 0 aliphatic carbocycles. The Morgan fingerprint density at radius 3 is 2.43 bits per heavy atom. The second-order valence-corrected chi connectivity index (χ2v) is 5.71. The number of carbonyl (C=O) groups is 2. The first-order chi connectivity index (χ1) is 10.1. The van der Waals surface area contributed by atoms with Gasteiger partial charge in [-0.2, -0.15) is 0 Å². The van der Waals surface area contributed by atoms with E-state index in [0.29, 0.717) is 44.9 Å². The minimum Gasteiger partial charge on any atom is -0.339 e. The third-order valence-corrected chi connectivity index (χ3v) is 3.98. The molecule has 21 heavy (non-hydrogen) atoms. The molecule has 0 aromatic heterocycles. The van der Waals surface area contributed by atoms with Crippen molar-refractivity contribution >= 4 is 23.4 Å². The third kappa shape index (κ3) is 4.21. The monoisotopic (exact) mass is 308 g/mol. The van der Waals surface area contributed by atoms with Crippen molar-refractivity contribution in [2.24, 2.45) is 0 Å². The number of piperazine rings is 1. The van der Waals surface area contributed by atoms with Crippen LogP contribution in [-0.4, -0.2) is 53.7 Å². The lowest BCUT2D eigenvalue weighted by atomic mass is 10.1. The van der Waals surface area contributed by atoms with Crippen LogP contribution < -0.4 is 0 Å². The van der Waals surface area contributed by atoms with Crippen LogP contribution in [0.4, 0.5) is 0 Å². The largest absolute Gasteiger partial charge is 0.339 e. The minimum atomic E-state index is 0.0477. The van der Waals surface area contributed by atoms with Gasteiger partial charge >= 0.3 is 0 Å². The van der Waals surface area contributed by atoms with Crippen LogP contribution in [-0.2, 0) is 4.79 Å². The van der Waals surface area contributed by atoms with Crippen molar-refractivity contribution in [2.75, 3.05) is 32.1 Å². The zero-order valence-electron chi connectivity index (χ0n) is 12.3. The number of rotatable bonds is 4. The predicted molar refractivity (Wildman–Crippen MR) is 83.6 cm³/mol. The van der Waals surface area contributed by atoms with E-state index < -0.39 is 0 Å². The first-order valence-corrected chi connectivity index (χ1v) is 7.85. The summed E-state index contributed by atoms with van der Waals surface area (Å²) in [6.45, 7) is 4.39. The molecule has 1 aromatic rings. The lowest BCUT2D eigenvalue weighted by molar-refractivity contribution is -0.132. The quantitative estimate of drug-likeness (QED) is 0.801. The number of halogens is 1. The standard InChI is InChI=1S/C16H21ClN2O2/c1-13-4-2-5-14(12-13)16(21)19-10-8-18(9-11-19)15(20)6-3-7-17/h2,4-5,12H,3,6-11H2,1H3. The van der Waals surface area contributed by atoms with Gasteiger partial charge in [0.15, 0.2) is 0 Å². The molecule has 5 heteroatoms. The first-order valence-electron chi connectivity index (χ1n) is 7.31. The molecule has 0 bridgehead atoms. The maximum absolute atomic E-state index is 12.4. The Morgan fingerprint density at radius 2 is 1.81 bits per heavy atom. The molecule has 1 aromatic carbocycles. The summed E-state index contributed by atoms with van der Waals surface area (Å²) in [4.78, 5) is 28.0. The Morgan fingerprint density at radius 1 is 1.14 bits per heavy atom. The second-order valence-electron chi connectivity index (χ2n) is 5.34. The Labute approximate surface area is 130 Å². The van der Waals surface area contributed by atoms with Gasteiger partial charge in [0, 0.05) is 44.0 Å². The van der Waals surface area contributed by atoms with E-state index >= 15 is 0 Å². The van der Waals surface area contributed by atoms with Gasteiger partial charge in [-0.05, 0) is 25.5 Å². The van der Waals surface area contributed by atoms with Crippen molar-refractivity contribution in [3.05, 3.63) is 35.4 Å².